The van der Waals surface area contributed by atoms with Crippen LogP contribution in [0.25, 0.3) is 0 Å². The van der Waals surface area contributed by atoms with Crippen LogP contribution >= 0.6 is 0 Å². The highest BCUT2D eigenvalue weighted by atomic mass is 16.5. The van der Waals surface area contributed by atoms with Gasteiger partial charge in [0.2, 0.25) is 5.88 Å². The Labute approximate surface area is 129 Å². The van der Waals surface area contributed by atoms with Crippen molar-refractivity contribution in [3.8, 4) is 5.88 Å². The number of aryl methyl sites for hydroxylation is 1. The SMILES string of the molecule is CCOc1cc(N2CCO[C@H](Cn3cc(C)cn3)C2)ncn1. The highest BCUT2D eigenvalue weighted by molar-refractivity contribution is 5.41. The molecule has 7 heteroatoms. The number of rotatable bonds is 5. The Bertz CT molecular complexity index is 615. The Hall–Kier alpha value is -2.15. The van der Waals surface area contributed by atoms with Gasteiger partial charge in [0.05, 0.1) is 32.1 Å². The van der Waals surface area contributed by atoms with Crippen LogP contribution in [0.5, 0.6) is 5.88 Å². The number of anilines is 1. The average molecular weight is 303 g/mol. The molecule has 2 aromatic heterocycles. The lowest BCUT2D eigenvalue weighted by atomic mass is 10.2. The minimum absolute atomic E-state index is 0.0959. The fourth-order valence-corrected chi connectivity index (χ4v) is 2.54. The van der Waals surface area contributed by atoms with Crippen LogP contribution in [0, 0.1) is 6.92 Å². The van der Waals surface area contributed by atoms with E-state index >= 15 is 0 Å². The van der Waals surface area contributed by atoms with E-state index in [1.807, 2.05) is 37.0 Å². The molecule has 3 rings (SSSR count). The molecule has 118 valence electrons. The largest absolute Gasteiger partial charge is 0.478 e. The van der Waals surface area contributed by atoms with E-state index in [2.05, 4.69) is 20.0 Å². The molecule has 1 aliphatic heterocycles. The molecule has 0 N–H and O–H groups in total. The predicted octanol–water partition coefficient (Wildman–Crippen LogP) is 1.29. The third-order valence-electron chi connectivity index (χ3n) is 3.54. The van der Waals surface area contributed by atoms with E-state index in [1.165, 1.54) is 0 Å². The summed E-state index contributed by atoms with van der Waals surface area (Å²) in [5, 5.41) is 4.32. The van der Waals surface area contributed by atoms with Crippen molar-refractivity contribution in [2.75, 3.05) is 31.2 Å². The first-order valence-electron chi connectivity index (χ1n) is 7.55. The zero-order valence-electron chi connectivity index (χ0n) is 13.0. The van der Waals surface area contributed by atoms with Crippen LogP contribution < -0.4 is 9.64 Å². The molecule has 0 aliphatic carbocycles. The van der Waals surface area contributed by atoms with E-state index in [-0.39, 0.29) is 6.10 Å². The van der Waals surface area contributed by atoms with Crippen molar-refractivity contribution in [3.05, 3.63) is 30.4 Å². The van der Waals surface area contributed by atoms with E-state index in [0.29, 0.717) is 19.1 Å². The molecule has 1 atom stereocenters. The first-order valence-corrected chi connectivity index (χ1v) is 7.55. The van der Waals surface area contributed by atoms with Gasteiger partial charge in [0, 0.05) is 25.4 Å². The standard InChI is InChI=1S/C15H21N5O2/c1-3-21-15-6-14(16-11-17-15)19-4-5-22-13(9-19)10-20-8-12(2)7-18-20/h6-8,11,13H,3-5,9-10H2,1-2H3/t13-/m0/s1. The molecular weight excluding hydrogens is 282 g/mol. The molecule has 0 spiro atoms. The van der Waals surface area contributed by atoms with Gasteiger partial charge in [0.1, 0.15) is 12.1 Å². The van der Waals surface area contributed by atoms with Crippen LogP contribution in [0.1, 0.15) is 12.5 Å². The lowest BCUT2D eigenvalue weighted by Gasteiger charge is -2.33. The summed E-state index contributed by atoms with van der Waals surface area (Å²) in [6.07, 6.45) is 5.53. The molecule has 1 fully saturated rings. The topological polar surface area (TPSA) is 65.3 Å². The third kappa shape index (κ3) is 3.54. The minimum atomic E-state index is 0.0959. The highest BCUT2D eigenvalue weighted by Crippen LogP contribution is 2.19. The molecule has 0 aromatic carbocycles. The van der Waals surface area contributed by atoms with Gasteiger partial charge < -0.3 is 14.4 Å². The van der Waals surface area contributed by atoms with Crippen LogP contribution in [0.3, 0.4) is 0 Å². The quantitative estimate of drug-likeness (QED) is 0.829. The van der Waals surface area contributed by atoms with E-state index < -0.39 is 0 Å². The van der Waals surface area contributed by atoms with Gasteiger partial charge >= 0.3 is 0 Å². The van der Waals surface area contributed by atoms with Crippen molar-refractivity contribution >= 4 is 5.82 Å². The number of nitrogens with zero attached hydrogens (tertiary/aromatic N) is 5. The molecule has 7 nitrogen and oxygen atoms in total. The summed E-state index contributed by atoms with van der Waals surface area (Å²) in [6, 6.07) is 1.88. The van der Waals surface area contributed by atoms with E-state index in [1.54, 1.807) is 6.33 Å². The zero-order valence-corrected chi connectivity index (χ0v) is 13.0. The Morgan fingerprint density at radius 2 is 2.32 bits per heavy atom. The van der Waals surface area contributed by atoms with Gasteiger partial charge in [-0.25, -0.2) is 9.97 Å². The highest BCUT2D eigenvalue weighted by Gasteiger charge is 2.22. The molecule has 0 saturated carbocycles. The van der Waals surface area contributed by atoms with Crippen molar-refractivity contribution in [2.45, 2.75) is 26.5 Å². The molecular formula is C15H21N5O2. The summed E-state index contributed by atoms with van der Waals surface area (Å²) >= 11 is 0. The minimum Gasteiger partial charge on any atom is -0.478 e. The summed E-state index contributed by atoms with van der Waals surface area (Å²) in [4.78, 5) is 10.7. The molecule has 0 radical (unpaired) electrons. The van der Waals surface area contributed by atoms with Gasteiger partial charge in [0.15, 0.2) is 0 Å². The molecule has 0 bridgehead atoms. The van der Waals surface area contributed by atoms with Crippen LogP contribution in [0.15, 0.2) is 24.8 Å². The van der Waals surface area contributed by atoms with Gasteiger partial charge in [-0.05, 0) is 19.4 Å². The van der Waals surface area contributed by atoms with Crippen molar-refractivity contribution in [1.82, 2.24) is 19.7 Å². The Balaban J connectivity index is 1.66. The lowest BCUT2D eigenvalue weighted by Crippen LogP contribution is -2.44. The van der Waals surface area contributed by atoms with E-state index in [0.717, 1.165) is 31.0 Å². The number of aromatic nitrogens is 4. The van der Waals surface area contributed by atoms with Gasteiger partial charge in [-0.1, -0.05) is 0 Å². The first-order chi connectivity index (χ1) is 10.7. The average Bonchev–Trinajstić information content (AvgIpc) is 2.93. The maximum atomic E-state index is 5.84. The maximum absolute atomic E-state index is 5.84. The van der Waals surface area contributed by atoms with Crippen molar-refractivity contribution in [3.63, 3.8) is 0 Å². The van der Waals surface area contributed by atoms with Crippen molar-refractivity contribution in [1.29, 1.82) is 0 Å². The molecule has 2 aromatic rings. The number of hydrogen-bond donors (Lipinski definition) is 0. The van der Waals surface area contributed by atoms with Crippen LogP contribution in [0.2, 0.25) is 0 Å². The molecule has 0 amide bonds. The third-order valence-corrected chi connectivity index (χ3v) is 3.54. The molecule has 22 heavy (non-hydrogen) atoms. The van der Waals surface area contributed by atoms with Crippen LogP contribution in [-0.4, -0.2) is 52.2 Å². The predicted molar refractivity (Wildman–Crippen MR) is 82.1 cm³/mol. The molecule has 1 saturated heterocycles. The monoisotopic (exact) mass is 303 g/mol. The summed E-state index contributed by atoms with van der Waals surface area (Å²) in [5.74, 6) is 1.49. The Kier molecular flexibility index (Phi) is 4.53. The second-order valence-corrected chi connectivity index (χ2v) is 5.33. The lowest BCUT2D eigenvalue weighted by molar-refractivity contribution is 0.0271. The van der Waals surface area contributed by atoms with Gasteiger partial charge in [-0.2, -0.15) is 5.10 Å². The summed E-state index contributed by atoms with van der Waals surface area (Å²) in [7, 11) is 0. The smallest absolute Gasteiger partial charge is 0.218 e. The fraction of sp³-hybridized carbons (Fsp3) is 0.533. The summed E-state index contributed by atoms with van der Waals surface area (Å²) in [5.41, 5.74) is 1.16. The van der Waals surface area contributed by atoms with E-state index in [9.17, 15) is 0 Å². The van der Waals surface area contributed by atoms with Crippen molar-refractivity contribution in [2.24, 2.45) is 0 Å². The van der Waals surface area contributed by atoms with E-state index in [4.69, 9.17) is 9.47 Å². The second kappa shape index (κ2) is 6.74. The maximum Gasteiger partial charge on any atom is 0.218 e. The van der Waals surface area contributed by atoms with Gasteiger partial charge in [-0.15, -0.1) is 0 Å². The summed E-state index contributed by atoms with van der Waals surface area (Å²) < 4.78 is 13.2. The number of hydrogen-bond acceptors (Lipinski definition) is 6. The number of morpholine rings is 1. The Morgan fingerprint density at radius 3 is 3.09 bits per heavy atom. The van der Waals surface area contributed by atoms with Gasteiger partial charge in [-0.3, -0.25) is 4.68 Å². The normalized spacial score (nSPS) is 18.5. The zero-order chi connectivity index (χ0) is 15.4. The van der Waals surface area contributed by atoms with Crippen LogP contribution in [0.4, 0.5) is 5.82 Å². The molecule has 0 unspecified atom stereocenters. The van der Waals surface area contributed by atoms with Crippen LogP contribution in [-0.2, 0) is 11.3 Å². The summed E-state index contributed by atoms with van der Waals surface area (Å²) in [6.45, 7) is 7.60. The first kappa shape index (κ1) is 14.8. The fourth-order valence-electron chi connectivity index (χ4n) is 2.54. The number of ether oxygens (including phenoxy) is 2. The second-order valence-electron chi connectivity index (χ2n) is 5.33. The molecule has 1 aliphatic rings. The Morgan fingerprint density at radius 1 is 1.41 bits per heavy atom. The van der Waals surface area contributed by atoms with Crippen molar-refractivity contribution < 1.29 is 9.47 Å². The molecule has 3 heterocycles. The van der Waals surface area contributed by atoms with Gasteiger partial charge in [0.25, 0.3) is 0 Å².